The Hall–Kier alpha value is 0.430. The van der Waals surface area contributed by atoms with E-state index in [0.29, 0.717) is 5.92 Å². The highest BCUT2D eigenvalue weighted by atomic mass is 79.9. The molecule has 1 atom stereocenters. The van der Waals surface area contributed by atoms with Gasteiger partial charge in [0.2, 0.25) is 0 Å². The highest BCUT2D eigenvalue weighted by Gasteiger charge is 2.25. The predicted molar refractivity (Wildman–Crippen MR) is 73.4 cm³/mol. The minimum absolute atomic E-state index is 0. The molecule has 0 spiro atoms. The third-order valence-corrected chi connectivity index (χ3v) is 4.87. The first-order valence-electron chi connectivity index (χ1n) is 4.89. The Kier molecular flexibility index (Phi) is 5.10. The summed E-state index contributed by atoms with van der Waals surface area (Å²) >= 11 is 6.96. The average Bonchev–Trinajstić information content (AvgIpc) is 2.06. The molecule has 1 saturated carbocycles. The fourth-order valence-electron chi connectivity index (χ4n) is 1.79. The molecule has 0 radical (unpaired) electrons. The summed E-state index contributed by atoms with van der Waals surface area (Å²) in [6.45, 7) is 0. The summed E-state index contributed by atoms with van der Waals surface area (Å²) in [6, 6.07) is 6.50. The van der Waals surface area contributed by atoms with Gasteiger partial charge in [0.1, 0.15) is 0 Å². The molecule has 1 fully saturated rings. The summed E-state index contributed by atoms with van der Waals surface area (Å²) in [5, 5.41) is 0. The molecule has 0 unspecified atom stereocenters. The minimum atomic E-state index is 0. The smallest absolute Gasteiger partial charge is 0.0323 e. The van der Waals surface area contributed by atoms with Gasteiger partial charge in [0.25, 0.3) is 0 Å². The Bertz CT molecular complexity index is 339. The minimum Gasteiger partial charge on any atom is -0.324 e. The predicted octanol–water partition coefficient (Wildman–Crippen LogP) is 4.43. The summed E-state index contributed by atoms with van der Waals surface area (Å²) < 4.78 is 2.17. The van der Waals surface area contributed by atoms with Crippen LogP contribution in [0.2, 0.25) is 0 Å². The van der Waals surface area contributed by atoms with Gasteiger partial charge in [-0.1, -0.05) is 12.5 Å². The third-order valence-electron chi connectivity index (χ3n) is 2.99. The second-order valence-corrected chi connectivity index (χ2v) is 5.60. The normalized spacial score (nSPS) is 17.8. The SMILES string of the molecule is Cl.N[C@@H](c1ccc(Br)c(Br)c1)C1CCC1. The zero-order valence-electron chi connectivity index (χ0n) is 8.25. The maximum atomic E-state index is 6.18. The van der Waals surface area contributed by atoms with Crippen LogP contribution in [0, 0.1) is 5.92 Å². The molecule has 0 saturated heterocycles. The van der Waals surface area contributed by atoms with E-state index in [1.54, 1.807) is 0 Å². The van der Waals surface area contributed by atoms with E-state index in [9.17, 15) is 0 Å². The van der Waals surface area contributed by atoms with Crippen LogP contribution in [0.15, 0.2) is 27.1 Å². The summed E-state index contributed by atoms with van der Waals surface area (Å²) in [5.41, 5.74) is 7.42. The molecule has 0 aliphatic heterocycles. The van der Waals surface area contributed by atoms with Gasteiger partial charge in [0, 0.05) is 15.0 Å². The standard InChI is InChI=1S/C11H13Br2N.ClH/c12-9-5-4-8(6-10(9)13)11(14)7-2-1-3-7;/h4-7,11H,1-3,14H2;1H/t11-;/m1./s1. The molecule has 0 amide bonds. The van der Waals surface area contributed by atoms with E-state index in [1.807, 2.05) is 0 Å². The highest BCUT2D eigenvalue weighted by molar-refractivity contribution is 9.13. The molecule has 84 valence electrons. The molecular weight excluding hydrogens is 341 g/mol. The van der Waals surface area contributed by atoms with Gasteiger partial charge >= 0.3 is 0 Å². The number of hydrogen-bond donors (Lipinski definition) is 1. The fourth-order valence-corrected chi connectivity index (χ4v) is 2.43. The lowest BCUT2D eigenvalue weighted by Gasteiger charge is -2.31. The number of hydrogen-bond acceptors (Lipinski definition) is 1. The molecule has 2 rings (SSSR count). The molecule has 1 aliphatic rings. The van der Waals surface area contributed by atoms with E-state index in [2.05, 4.69) is 50.1 Å². The van der Waals surface area contributed by atoms with Crippen LogP contribution in [0.25, 0.3) is 0 Å². The zero-order chi connectivity index (χ0) is 10.1. The number of nitrogens with two attached hydrogens (primary N) is 1. The van der Waals surface area contributed by atoms with E-state index in [0.717, 1.165) is 8.95 Å². The lowest BCUT2D eigenvalue weighted by atomic mass is 9.78. The van der Waals surface area contributed by atoms with Gasteiger partial charge < -0.3 is 5.73 Å². The van der Waals surface area contributed by atoms with E-state index in [4.69, 9.17) is 5.73 Å². The lowest BCUT2D eigenvalue weighted by molar-refractivity contribution is 0.264. The maximum absolute atomic E-state index is 6.18. The zero-order valence-corrected chi connectivity index (χ0v) is 12.2. The monoisotopic (exact) mass is 353 g/mol. The van der Waals surface area contributed by atoms with Crippen molar-refractivity contribution in [2.75, 3.05) is 0 Å². The van der Waals surface area contributed by atoms with Gasteiger partial charge in [-0.2, -0.15) is 0 Å². The maximum Gasteiger partial charge on any atom is 0.0323 e. The van der Waals surface area contributed by atoms with E-state index >= 15 is 0 Å². The lowest BCUT2D eigenvalue weighted by Crippen LogP contribution is -2.26. The third kappa shape index (κ3) is 2.96. The summed E-state index contributed by atoms with van der Waals surface area (Å²) in [7, 11) is 0. The van der Waals surface area contributed by atoms with Crippen molar-refractivity contribution in [3.8, 4) is 0 Å². The van der Waals surface area contributed by atoms with Crippen molar-refractivity contribution in [1.82, 2.24) is 0 Å². The largest absolute Gasteiger partial charge is 0.324 e. The summed E-state index contributed by atoms with van der Waals surface area (Å²) in [6.07, 6.45) is 3.92. The van der Waals surface area contributed by atoms with Crippen molar-refractivity contribution in [3.05, 3.63) is 32.7 Å². The van der Waals surface area contributed by atoms with Crippen molar-refractivity contribution in [1.29, 1.82) is 0 Å². The highest BCUT2D eigenvalue weighted by Crippen LogP contribution is 2.37. The molecule has 1 aliphatic carbocycles. The topological polar surface area (TPSA) is 26.0 Å². The van der Waals surface area contributed by atoms with Gasteiger partial charge in [-0.3, -0.25) is 0 Å². The second kappa shape index (κ2) is 5.67. The Labute approximate surface area is 113 Å². The van der Waals surface area contributed by atoms with Crippen molar-refractivity contribution >= 4 is 44.3 Å². The first-order valence-corrected chi connectivity index (χ1v) is 6.47. The van der Waals surface area contributed by atoms with Crippen LogP contribution in [0.4, 0.5) is 0 Å². The number of rotatable bonds is 2. The van der Waals surface area contributed by atoms with Crippen LogP contribution in [-0.4, -0.2) is 0 Å². The molecule has 2 N–H and O–H groups in total. The molecule has 4 heteroatoms. The summed E-state index contributed by atoms with van der Waals surface area (Å²) in [4.78, 5) is 0. The number of halogens is 3. The van der Waals surface area contributed by atoms with Crippen LogP contribution in [0.3, 0.4) is 0 Å². The average molecular weight is 356 g/mol. The van der Waals surface area contributed by atoms with Crippen LogP contribution >= 0.6 is 44.3 Å². The van der Waals surface area contributed by atoms with E-state index in [-0.39, 0.29) is 18.4 Å². The quantitative estimate of drug-likeness (QED) is 0.834. The second-order valence-electron chi connectivity index (χ2n) is 3.89. The van der Waals surface area contributed by atoms with Crippen LogP contribution in [-0.2, 0) is 0 Å². The molecular formula is C11H14Br2ClN. The number of benzene rings is 1. The Morgan fingerprint density at radius 1 is 1.20 bits per heavy atom. The van der Waals surface area contributed by atoms with E-state index in [1.165, 1.54) is 24.8 Å². The Morgan fingerprint density at radius 3 is 2.33 bits per heavy atom. The van der Waals surface area contributed by atoms with Gasteiger partial charge in [-0.05, 0) is 68.3 Å². The molecule has 0 aromatic heterocycles. The van der Waals surface area contributed by atoms with Crippen LogP contribution in [0.5, 0.6) is 0 Å². The van der Waals surface area contributed by atoms with Crippen LogP contribution in [0.1, 0.15) is 30.9 Å². The van der Waals surface area contributed by atoms with Gasteiger partial charge in [0.05, 0.1) is 0 Å². The van der Waals surface area contributed by atoms with Gasteiger partial charge in [0.15, 0.2) is 0 Å². The molecule has 1 aromatic rings. The summed E-state index contributed by atoms with van der Waals surface area (Å²) in [5.74, 6) is 0.697. The van der Waals surface area contributed by atoms with Gasteiger partial charge in [-0.25, -0.2) is 0 Å². The van der Waals surface area contributed by atoms with Crippen molar-refractivity contribution in [3.63, 3.8) is 0 Å². The van der Waals surface area contributed by atoms with Crippen molar-refractivity contribution in [2.24, 2.45) is 11.7 Å². The van der Waals surface area contributed by atoms with Crippen LogP contribution < -0.4 is 5.73 Å². The van der Waals surface area contributed by atoms with Crippen molar-refractivity contribution < 1.29 is 0 Å². The Morgan fingerprint density at radius 2 is 1.87 bits per heavy atom. The first-order chi connectivity index (χ1) is 6.68. The molecule has 1 nitrogen and oxygen atoms in total. The van der Waals surface area contributed by atoms with Crippen molar-refractivity contribution in [2.45, 2.75) is 25.3 Å². The Balaban J connectivity index is 0.00000112. The van der Waals surface area contributed by atoms with E-state index < -0.39 is 0 Å². The molecule has 15 heavy (non-hydrogen) atoms. The van der Waals surface area contributed by atoms with Gasteiger partial charge in [-0.15, -0.1) is 12.4 Å². The first kappa shape index (κ1) is 13.5. The molecule has 1 aromatic carbocycles. The fraction of sp³-hybridized carbons (Fsp3) is 0.455. The molecule has 0 bridgehead atoms. The molecule has 0 heterocycles.